The fraction of sp³-hybridized carbons (Fsp3) is 0.500. The lowest BCUT2D eigenvalue weighted by Crippen LogP contribution is -2.28. The van der Waals surface area contributed by atoms with Gasteiger partial charge in [-0.1, -0.05) is 25.5 Å². The van der Waals surface area contributed by atoms with E-state index < -0.39 is 17.9 Å². The molecule has 6 heteroatoms. The number of nitrogens with zero attached hydrogens (tertiary/aromatic N) is 1. The molecule has 1 fully saturated rings. The number of alkyl halides is 3. The van der Waals surface area contributed by atoms with Crippen molar-refractivity contribution in [2.75, 3.05) is 7.05 Å². The summed E-state index contributed by atoms with van der Waals surface area (Å²) in [4.78, 5) is 13.5. The van der Waals surface area contributed by atoms with E-state index in [-0.39, 0.29) is 11.9 Å². The molecular formula is C14H17F3N2O. The first-order valence-electron chi connectivity index (χ1n) is 6.54. The van der Waals surface area contributed by atoms with Gasteiger partial charge in [-0.2, -0.15) is 13.2 Å². The molecule has 2 unspecified atom stereocenters. The summed E-state index contributed by atoms with van der Waals surface area (Å²) in [6.07, 6.45) is -3.35. The summed E-state index contributed by atoms with van der Waals surface area (Å²) in [6, 6.07) is 4.78. The molecule has 1 amide bonds. The molecule has 110 valence electrons. The molecule has 0 bridgehead atoms. The lowest BCUT2D eigenvalue weighted by atomic mass is 10.1. The third-order valence-corrected chi connectivity index (χ3v) is 3.50. The van der Waals surface area contributed by atoms with Crippen LogP contribution in [0.3, 0.4) is 0 Å². The highest BCUT2D eigenvalue weighted by atomic mass is 19.4. The van der Waals surface area contributed by atoms with Gasteiger partial charge >= 0.3 is 6.18 Å². The van der Waals surface area contributed by atoms with Gasteiger partial charge < -0.3 is 4.90 Å². The Balaban J connectivity index is 2.26. The van der Waals surface area contributed by atoms with Gasteiger partial charge in [0.2, 0.25) is 5.91 Å². The number of halogens is 3. The fourth-order valence-electron chi connectivity index (χ4n) is 2.45. The van der Waals surface area contributed by atoms with Gasteiger partial charge in [-0.25, -0.2) is 0 Å². The number of benzene rings is 1. The van der Waals surface area contributed by atoms with Crippen LogP contribution in [0.5, 0.6) is 0 Å². The Morgan fingerprint density at radius 1 is 1.35 bits per heavy atom. The normalized spacial score (nSPS) is 23.4. The summed E-state index contributed by atoms with van der Waals surface area (Å²) in [5.41, 5.74) is -0.245. The number of nitrogens with one attached hydrogen (secondary N) is 1. The van der Waals surface area contributed by atoms with E-state index in [1.807, 2.05) is 6.92 Å². The predicted molar refractivity (Wildman–Crippen MR) is 68.8 cm³/mol. The van der Waals surface area contributed by atoms with Crippen molar-refractivity contribution in [2.24, 2.45) is 0 Å². The van der Waals surface area contributed by atoms with Gasteiger partial charge in [-0.3, -0.25) is 10.1 Å². The van der Waals surface area contributed by atoms with Crippen LogP contribution in [0.4, 0.5) is 13.2 Å². The van der Waals surface area contributed by atoms with Crippen molar-refractivity contribution >= 4 is 5.91 Å². The Kier molecular flexibility index (Phi) is 4.04. The average Bonchev–Trinajstić information content (AvgIpc) is 2.67. The minimum Gasteiger partial charge on any atom is -0.325 e. The number of amides is 1. The van der Waals surface area contributed by atoms with Crippen LogP contribution in [-0.2, 0) is 11.0 Å². The first-order valence-corrected chi connectivity index (χ1v) is 6.54. The molecular weight excluding hydrogens is 269 g/mol. The molecule has 0 aromatic heterocycles. The lowest BCUT2D eigenvalue weighted by molar-refractivity contribution is -0.137. The van der Waals surface area contributed by atoms with Crippen LogP contribution in [0.15, 0.2) is 24.3 Å². The van der Waals surface area contributed by atoms with E-state index in [0.29, 0.717) is 12.0 Å². The molecule has 2 rings (SSSR count). The number of hydrogen-bond acceptors (Lipinski definition) is 2. The third kappa shape index (κ3) is 2.80. The van der Waals surface area contributed by atoms with Crippen molar-refractivity contribution in [3.8, 4) is 0 Å². The second-order valence-corrected chi connectivity index (χ2v) is 4.98. The summed E-state index contributed by atoms with van der Waals surface area (Å²) in [5.74, 6) is -0.0748. The quantitative estimate of drug-likeness (QED) is 0.926. The van der Waals surface area contributed by atoms with E-state index >= 15 is 0 Å². The molecule has 20 heavy (non-hydrogen) atoms. The first-order chi connectivity index (χ1) is 9.34. The molecule has 1 aromatic rings. The molecule has 0 radical (unpaired) electrons. The van der Waals surface area contributed by atoms with Crippen molar-refractivity contribution in [1.82, 2.24) is 10.2 Å². The molecule has 3 nitrogen and oxygen atoms in total. The van der Waals surface area contributed by atoms with Gasteiger partial charge in [0.15, 0.2) is 0 Å². The fourth-order valence-corrected chi connectivity index (χ4v) is 2.45. The molecule has 1 aliphatic rings. The largest absolute Gasteiger partial charge is 0.416 e. The molecule has 1 aliphatic heterocycles. The van der Waals surface area contributed by atoms with Crippen LogP contribution in [0.2, 0.25) is 0 Å². The highest BCUT2D eigenvalue weighted by Gasteiger charge is 2.38. The Morgan fingerprint density at radius 3 is 2.65 bits per heavy atom. The molecule has 1 N–H and O–H groups in total. The van der Waals surface area contributed by atoms with Crippen molar-refractivity contribution in [3.63, 3.8) is 0 Å². The summed E-state index contributed by atoms with van der Waals surface area (Å²) < 4.78 is 38.2. The smallest absolute Gasteiger partial charge is 0.325 e. The Morgan fingerprint density at radius 2 is 2.05 bits per heavy atom. The molecule has 0 spiro atoms. The third-order valence-electron chi connectivity index (χ3n) is 3.50. The maximum atomic E-state index is 12.7. The zero-order valence-corrected chi connectivity index (χ0v) is 11.4. The van der Waals surface area contributed by atoms with Crippen LogP contribution in [0.25, 0.3) is 0 Å². The molecule has 1 saturated heterocycles. The Hall–Kier alpha value is -1.56. The predicted octanol–water partition coefficient (Wildman–Crippen LogP) is 2.93. The topological polar surface area (TPSA) is 32.3 Å². The van der Waals surface area contributed by atoms with Gasteiger partial charge in [-0.15, -0.1) is 0 Å². The van der Waals surface area contributed by atoms with E-state index in [4.69, 9.17) is 0 Å². The number of rotatable bonds is 3. The average molecular weight is 286 g/mol. The number of hydrogen-bond donors (Lipinski definition) is 1. The monoisotopic (exact) mass is 286 g/mol. The Bertz CT molecular complexity index is 501. The van der Waals surface area contributed by atoms with E-state index in [0.717, 1.165) is 18.6 Å². The van der Waals surface area contributed by atoms with Crippen LogP contribution >= 0.6 is 0 Å². The van der Waals surface area contributed by atoms with Gasteiger partial charge in [0.1, 0.15) is 6.17 Å². The molecule has 0 saturated carbocycles. The second-order valence-electron chi connectivity index (χ2n) is 4.98. The van der Waals surface area contributed by atoms with Crippen molar-refractivity contribution in [3.05, 3.63) is 35.4 Å². The number of carbonyl (C=O) groups excluding carboxylic acids is 1. The molecule has 1 aromatic carbocycles. The second kappa shape index (κ2) is 5.44. The minimum atomic E-state index is -4.37. The molecule has 2 atom stereocenters. The lowest BCUT2D eigenvalue weighted by Gasteiger charge is -2.20. The standard InChI is InChI=1S/C14H17F3N2O/c1-3-5-11-13(20)19(2)12(18-11)9-6-4-7-10(8-9)14(15,16)17/h4,6-8,11-12,18H,3,5H2,1-2H3. The van der Waals surface area contributed by atoms with Crippen LogP contribution in [-0.4, -0.2) is 23.9 Å². The molecule has 0 aliphatic carbocycles. The maximum absolute atomic E-state index is 12.7. The zero-order chi connectivity index (χ0) is 14.9. The van der Waals surface area contributed by atoms with Gasteiger partial charge in [-0.05, 0) is 24.1 Å². The van der Waals surface area contributed by atoms with Crippen LogP contribution < -0.4 is 5.32 Å². The summed E-state index contributed by atoms with van der Waals surface area (Å²) in [5, 5.41) is 3.10. The van der Waals surface area contributed by atoms with E-state index in [1.165, 1.54) is 11.0 Å². The highest BCUT2D eigenvalue weighted by Crippen LogP contribution is 2.32. The van der Waals surface area contributed by atoms with Crippen molar-refractivity contribution in [2.45, 2.75) is 38.1 Å². The van der Waals surface area contributed by atoms with Crippen LogP contribution in [0, 0.1) is 0 Å². The van der Waals surface area contributed by atoms with E-state index in [2.05, 4.69) is 5.32 Å². The van der Waals surface area contributed by atoms with Crippen molar-refractivity contribution in [1.29, 1.82) is 0 Å². The van der Waals surface area contributed by atoms with Gasteiger partial charge in [0, 0.05) is 7.05 Å². The number of carbonyl (C=O) groups is 1. The SMILES string of the molecule is CCCC1NC(c2cccc(C(F)(F)F)c2)N(C)C1=O. The first kappa shape index (κ1) is 14.8. The molecule has 1 heterocycles. The van der Waals surface area contributed by atoms with Crippen LogP contribution in [0.1, 0.15) is 37.1 Å². The summed E-state index contributed by atoms with van der Waals surface area (Å²) in [6.45, 7) is 1.96. The van der Waals surface area contributed by atoms with Gasteiger partial charge in [0.25, 0.3) is 0 Å². The van der Waals surface area contributed by atoms with E-state index in [9.17, 15) is 18.0 Å². The Labute approximate surface area is 115 Å². The van der Waals surface area contributed by atoms with Crippen molar-refractivity contribution < 1.29 is 18.0 Å². The zero-order valence-electron chi connectivity index (χ0n) is 11.4. The van der Waals surface area contributed by atoms with E-state index in [1.54, 1.807) is 13.1 Å². The number of likely N-dealkylation sites (N-methyl/N-ethyl adjacent to an activating group) is 1. The maximum Gasteiger partial charge on any atom is 0.416 e. The summed E-state index contributed by atoms with van der Waals surface area (Å²) >= 11 is 0. The van der Waals surface area contributed by atoms with Gasteiger partial charge in [0.05, 0.1) is 11.6 Å². The highest BCUT2D eigenvalue weighted by molar-refractivity contribution is 5.84. The summed E-state index contributed by atoms with van der Waals surface area (Å²) in [7, 11) is 1.61. The minimum absolute atomic E-state index is 0.0748.